The molecule has 6 heteroatoms. The number of carbonyl (C=O) groups is 1. The van der Waals surface area contributed by atoms with Crippen LogP contribution in [0.5, 0.6) is 5.75 Å². The Kier molecular flexibility index (Phi) is 3.45. The Morgan fingerprint density at radius 3 is 2.68 bits per heavy atom. The molecule has 3 rings (SSSR count). The molecule has 4 nitrogen and oxygen atoms in total. The van der Waals surface area contributed by atoms with E-state index < -0.39 is 5.97 Å². The summed E-state index contributed by atoms with van der Waals surface area (Å²) in [6.45, 7) is 0. The molecule has 0 aromatic carbocycles. The molecule has 2 bridgehead atoms. The molecule has 2 aliphatic heterocycles. The number of ether oxygens (including phenoxy) is 1. The highest BCUT2D eigenvalue weighted by Crippen LogP contribution is 2.39. The first-order valence-electron chi connectivity index (χ1n) is 6.46. The summed E-state index contributed by atoms with van der Waals surface area (Å²) in [6, 6.07) is 2.77. The Morgan fingerprint density at radius 2 is 2.11 bits per heavy atom. The average Bonchev–Trinajstić information content (AvgIpc) is 2.78. The summed E-state index contributed by atoms with van der Waals surface area (Å²) in [6.07, 6.45) is 4.49. The highest BCUT2D eigenvalue weighted by atomic mass is 35.5. The van der Waals surface area contributed by atoms with Crippen molar-refractivity contribution in [2.75, 3.05) is 7.05 Å². The zero-order chi connectivity index (χ0) is 13.6. The van der Waals surface area contributed by atoms with Gasteiger partial charge in [0, 0.05) is 18.2 Å². The van der Waals surface area contributed by atoms with E-state index in [2.05, 4.69) is 11.9 Å². The summed E-state index contributed by atoms with van der Waals surface area (Å²) in [5, 5.41) is 9.13. The fraction of sp³-hybridized carbons (Fsp3) is 0.615. The minimum atomic E-state index is -0.970. The van der Waals surface area contributed by atoms with E-state index in [9.17, 15) is 4.79 Å². The smallest absolute Gasteiger partial charge is 0.349 e. The molecule has 0 saturated carbocycles. The maximum absolute atomic E-state index is 11.1. The fourth-order valence-electron chi connectivity index (χ4n) is 3.22. The van der Waals surface area contributed by atoms with Crippen LogP contribution in [0.1, 0.15) is 35.4 Å². The van der Waals surface area contributed by atoms with Gasteiger partial charge in [-0.2, -0.15) is 0 Å². The van der Waals surface area contributed by atoms with E-state index in [1.54, 1.807) is 6.07 Å². The van der Waals surface area contributed by atoms with Gasteiger partial charge in [0.1, 0.15) is 11.9 Å². The standard InChI is InChI=1S/C13H16ClNO3S/c1-15-7-2-3-8(15)5-9(4-7)18-10-6-11(14)19-12(10)13(16)17/h6-9H,2-5H2,1H3,(H,16,17). The molecule has 2 atom stereocenters. The van der Waals surface area contributed by atoms with Gasteiger partial charge in [-0.05, 0) is 32.7 Å². The quantitative estimate of drug-likeness (QED) is 0.932. The molecule has 2 aliphatic rings. The Bertz CT molecular complexity index is 490. The third-order valence-electron chi connectivity index (χ3n) is 4.21. The van der Waals surface area contributed by atoms with E-state index in [1.807, 2.05) is 0 Å². The molecule has 2 unspecified atom stereocenters. The van der Waals surface area contributed by atoms with Gasteiger partial charge in [-0.3, -0.25) is 0 Å². The van der Waals surface area contributed by atoms with Gasteiger partial charge in [-0.1, -0.05) is 11.6 Å². The number of halogens is 1. The van der Waals surface area contributed by atoms with E-state index in [0.717, 1.165) is 24.2 Å². The van der Waals surface area contributed by atoms with Crippen molar-refractivity contribution in [2.45, 2.75) is 43.9 Å². The molecule has 0 amide bonds. The number of carboxylic acid groups (broad SMARTS) is 1. The van der Waals surface area contributed by atoms with Gasteiger partial charge in [0.2, 0.25) is 0 Å². The van der Waals surface area contributed by atoms with Crippen LogP contribution in [0.25, 0.3) is 0 Å². The first-order valence-corrected chi connectivity index (χ1v) is 7.65. The van der Waals surface area contributed by atoms with Gasteiger partial charge in [-0.25, -0.2) is 4.79 Å². The molecular weight excluding hydrogens is 286 g/mol. The van der Waals surface area contributed by atoms with Crippen LogP contribution < -0.4 is 4.74 Å². The lowest BCUT2D eigenvalue weighted by atomic mass is 10.0. The van der Waals surface area contributed by atoms with Crippen LogP contribution in [-0.2, 0) is 0 Å². The summed E-state index contributed by atoms with van der Waals surface area (Å²) in [5.41, 5.74) is 0. The number of fused-ring (bicyclic) bond motifs is 2. The number of thiophene rings is 1. The van der Waals surface area contributed by atoms with Crippen molar-refractivity contribution in [3.8, 4) is 5.75 Å². The second kappa shape index (κ2) is 4.96. The first kappa shape index (κ1) is 13.2. The molecular formula is C13H16ClNO3S. The van der Waals surface area contributed by atoms with E-state index in [-0.39, 0.29) is 11.0 Å². The molecule has 2 fully saturated rings. The number of rotatable bonds is 3. The highest BCUT2D eigenvalue weighted by Gasteiger charge is 2.39. The Hall–Kier alpha value is -0.780. The van der Waals surface area contributed by atoms with Crippen molar-refractivity contribution in [2.24, 2.45) is 0 Å². The van der Waals surface area contributed by atoms with Gasteiger partial charge in [-0.15, -0.1) is 11.3 Å². The van der Waals surface area contributed by atoms with Crippen LogP contribution in [0.15, 0.2) is 6.07 Å². The van der Waals surface area contributed by atoms with Crippen molar-refractivity contribution in [1.82, 2.24) is 4.90 Å². The SMILES string of the molecule is CN1C2CCC1CC(Oc1cc(Cl)sc1C(=O)O)C2. The molecule has 1 aromatic rings. The molecule has 1 aromatic heterocycles. The topological polar surface area (TPSA) is 49.8 Å². The average molecular weight is 302 g/mol. The fourth-order valence-corrected chi connectivity index (χ4v) is 4.21. The summed E-state index contributed by atoms with van der Waals surface area (Å²) in [5.74, 6) is -0.542. The van der Waals surface area contributed by atoms with E-state index >= 15 is 0 Å². The molecule has 1 N–H and O–H groups in total. The lowest BCUT2D eigenvalue weighted by Crippen LogP contribution is -2.43. The van der Waals surface area contributed by atoms with E-state index in [1.165, 1.54) is 12.8 Å². The summed E-state index contributed by atoms with van der Waals surface area (Å²) in [7, 11) is 2.17. The van der Waals surface area contributed by atoms with Crippen LogP contribution in [0.2, 0.25) is 4.34 Å². The summed E-state index contributed by atoms with van der Waals surface area (Å²) in [4.78, 5) is 13.8. The second-order valence-electron chi connectivity index (χ2n) is 5.31. The van der Waals surface area contributed by atoms with Crippen LogP contribution >= 0.6 is 22.9 Å². The van der Waals surface area contributed by atoms with Crippen LogP contribution in [0.4, 0.5) is 0 Å². The van der Waals surface area contributed by atoms with Gasteiger partial charge in [0.05, 0.1) is 4.34 Å². The van der Waals surface area contributed by atoms with Crippen LogP contribution in [-0.4, -0.2) is 41.2 Å². The summed E-state index contributed by atoms with van der Waals surface area (Å²) >= 11 is 6.95. The number of aromatic carboxylic acids is 1. The summed E-state index contributed by atoms with van der Waals surface area (Å²) < 4.78 is 6.38. The highest BCUT2D eigenvalue weighted by molar-refractivity contribution is 7.18. The lowest BCUT2D eigenvalue weighted by molar-refractivity contribution is 0.0614. The zero-order valence-corrected chi connectivity index (χ0v) is 12.2. The van der Waals surface area contributed by atoms with Crippen LogP contribution in [0, 0.1) is 0 Å². The third kappa shape index (κ3) is 2.47. The van der Waals surface area contributed by atoms with Crippen LogP contribution in [0.3, 0.4) is 0 Å². The molecule has 2 saturated heterocycles. The Morgan fingerprint density at radius 1 is 1.47 bits per heavy atom. The predicted octanol–water partition coefficient (Wildman–Crippen LogP) is 3.10. The minimum absolute atomic E-state index is 0.109. The monoisotopic (exact) mass is 301 g/mol. The van der Waals surface area contributed by atoms with Crippen molar-refractivity contribution >= 4 is 28.9 Å². The molecule has 3 heterocycles. The van der Waals surface area contributed by atoms with Gasteiger partial charge in [0.15, 0.2) is 4.88 Å². The molecule has 104 valence electrons. The lowest BCUT2D eigenvalue weighted by Gasteiger charge is -2.36. The predicted molar refractivity (Wildman–Crippen MR) is 74.5 cm³/mol. The van der Waals surface area contributed by atoms with E-state index in [0.29, 0.717) is 22.2 Å². The number of carboxylic acids is 1. The van der Waals surface area contributed by atoms with Crippen molar-refractivity contribution in [1.29, 1.82) is 0 Å². The minimum Gasteiger partial charge on any atom is -0.488 e. The molecule has 19 heavy (non-hydrogen) atoms. The van der Waals surface area contributed by atoms with Gasteiger partial charge < -0.3 is 14.7 Å². The largest absolute Gasteiger partial charge is 0.488 e. The zero-order valence-electron chi connectivity index (χ0n) is 10.6. The van der Waals surface area contributed by atoms with Crippen molar-refractivity contribution < 1.29 is 14.6 Å². The van der Waals surface area contributed by atoms with Gasteiger partial charge >= 0.3 is 5.97 Å². The van der Waals surface area contributed by atoms with Gasteiger partial charge in [0.25, 0.3) is 0 Å². The van der Waals surface area contributed by atoms with Crippen molar-refractivity contribution in [3.05, 3.63) is 15.3 Å². The third-order valence-corrected chi connectivity index (χ3v) is 5.44. The number of piperidine rings is 1. The Labute approximate surface area is 120 Å². The number of nitrogens with zero attached hydrogens (tertiary/aromatic N) is 1. The maximum Gasteiger partial charge on any atom is 0.349 e. The molecule has 0 radical (unpaired) electrons. The molecule has 0 spiro atoms. The second-order valence-corrected chi connectivity index (χ2v) is 6.99. The Balaban J connectivity index is 1.74. The number of hydrogen-bond donors (Lipinski definition) is 1. The maximum atomic E-state index is 11.1. The van der Waals surface area contributed by atoms with E-state index in [4.69, 9.17) is 21.4 Å². The first-order chi connectivity index (χ1) is 9.04. The number of hydrogen-bond acceptors (Lipinski definition) is 4. The molecule has 0 aliphatic carbocycles. The van der Waals surface area contributed by atoms with Crippen molar-refractivity contribution in [3.63, 3.8) is 0 Å². The normalized spacial score (nSPS) is 30.5.